The lowest BCUT2D eigenvalue weighted by Gasteiger charge is -2.15. The molecule has 0 fully saturated rings. The smallest absolute Gasteiger partial charge is 0.303 e. The molecule has 0 aliphatic carbocycles. The molecule has 0 radical (unpaired) electrons. The number of halogens is 1. The van der Waals surface area contributed by atoms with E-state index in [1.807, 2.05) is 0 Å². The Kier molecular flexibility index (Phi) is 4.98. The number of hydrogen-bond donors (Lipinski definition) is 2. The van der Waals surface area contributed by atoms with Gasteiger partial charge in [-0.1, -0.05) is 15.9 Å². The maximum atomic E-state index is 11.2. The van der Waals surface area contributed by atoms with Crippen molar-refractivity contribution in [3.05, 3.63) is 0 Å². The highest BCUT2D eigenvalue weighted by molar-refractivity contribution is 9.10. The molecule has 1 amide bonds. The predicted octanol–water partition coefficient (Wildman–Crippen LogP) is 1.14. The van der Waals surface area contributed by atoms with Crippen LogP contribution in [0.5, 0.6) is 0 Å². The first kappa shape index (κ1) is 12.4. The Balaban J connectivity index is 3.55. The predicted molar refractivity (Wildman–Crippen MR) is 52.9 cm³/mol. The lowest BCUT2D eigenvalue weighted by atomic mass is 10.2. The minimum atomic E-state index is -0.840. The van der Waals surface area contributed by atoms with Crippen molar-refractivity contribution in [2.24, 2.45) is 0 Å². The van der Waals surface area contributed by atoms with Crippen molar-refractivity contribution >= 4 is 27.8 Å². The lowest BCUT2D eigenvalue weighted by molar-refractivity contribution is -0.137. The molecular formula is C8H14BrNO3. The Morgan fingerprint density at radius 1 is 1.46 bits per heavy atom. The number of carboxylic acid groups (broad SMARTS) is 1. The SMILES string of the molecule is CC(C)(Br)C(=O)NCCCC(=O)O. The maximum Gasteiger partial charge on any atom is 0.303 e. The normalized spacial score (nSPS) is 11.0. The van der Waals surface area contributed by atoms with Gasteiger partial charge in [-0.3, -0.25) is 9.59 Å². The molecule has 0 saturated carbocycles. The number of aliphatic carboxylic acids is 1. The molecule has 0 aliphatic heterocycles. The summed E-state index contributed by atoms with van der Waals surface area (Å²) in [7, 11) is 0. The zero-order valence-corrected chi connectivity index (χ0v) is 9.35. The highest BCUT2D eigenvalue weighted by atomic mass is 79.9. The molecule has 0 aromatic carbocycles. The highest BCUT2D eigenvalue weighted by Crippen LogP contribution is 2.14. The number of carboxylic acids is 1. The zero-order chi connectivity index (χ0) is 10.5. The monoisotopic (exact) mass is 251 g/mol. The molecule has 4 nitrogen and oxygen atoms in total. The fourth-order valence-electron chi connectivity index (χ4n) is 0.652. The second-order valence-corrected chi connectivity index (χ2v) is 5.21. The largest absolute Gasteiger partial charge is 0.481 e. The second-order valence-electron chi connectivity index (χ2n) is 3.23. The molecule has 0 bridgehead atoms. The Hall–Kier alpha value is -0.580. The van der Waals surface area contributed by atoms with Gasteiger partial charge in [0.2, 0.25) is 5.91 Å². The fourth-order valence-corrected chi connectivity index (χ4v) is 0.792. The van der Waals surface area contributed by atoms with Crippen LogP contribution in [0.2, 0.25) is 0 Å². The summed E-state index contributed by atoms with van der Waals surface area (Å²) in [4.78, 5) is 21.3. The zero-order valence-electron chi connectivity index (χ0n) is 7.76. The quantitative estimate of drug-likeness (QED) is 0.569. The third-order valence-corrected chi connectivity index (χ3v) is 1.75. The highest BCUT2D eigenvalue weighted by Gasteiger charge is 2.22. The van der Waals surface area contributed by atoms with Crippen molar-refractivity contribution in [1.82, 2.24) is 5.32 Å². The molecular weight excluding hydrogens is 238 g/mol. The van der Waals surface area contributed by atoms with Crippen molar-refractivity contribution in [3.63, 3.8) is 0 Å². The topological polar surface area (TPSA) is 66.4 Å². The van der Waals surface area contributed by atoms with E-state index in [1.54, 1.807) is 13.8 Å². The lowest BCUT2D eigenvalue weighted by Crippen LogP contribution is -2.38. The standard InChI is InChI=1S/C8H14BrNO3/c1-8(2,9)7(13)10-5-3-4-6(11)12/h3-5H2,1-2H3,(H,10,13)(H,11,12). The Morgan fingerprint density at radius 3 is 2.38 bits per heavy atom. The number of rotatable bonds is 5. The molecule has 13 heavy (non-hydrogen) atoms. The van der Waals surface area contributed by atoms with Gasteiger partial charge in [0, 0.05) is 13.0 Å². The van der Waals surface area contributed by atoms with E-state index in [2.05, 4.69) is 21.2 Å². The van der Waals surface area contributed by atoms with E-state index in [1.165, 1.54) is 0 Å². The van der Waals surface area contributed by atoms with Crippen LogP contribution in [-0.4, -0.2) is 27.9 Å². The van der Waals surface area contributed by atoms with E-state index in [0.717, 1.165) is 0 Å². The average Bonchev–Trinajstić information content (AvgIpc) is 1.95. The summed E-state index contributed by atoms with van der Waals surface area (Å²) < 4.78 is -0.587. The van der Waals surface area contributed by atoms with Crippen LogP contribution >= 0.6 is 15.9 Å². The fraction of sp³-hybridized carbons (Fsp3) is 0.750. The van der Waals surface area contributed by atoms with Gasteiger partial charge >= 0.3 is 5.97 Å². The van der Waals surface area contributed by atoms with Gasteiger partial charge in [-0.05, 0) is 20.3 Å². The van der Waals surface area contributed by atoms with Crippen LogP contribution in [0.25, 0.3) is 0 Å². The van der Waals surface area contributed by atoms with E-state index in [4.69, 9.17) is 5.11 Å². The molecule has 2 N–H and O–H groups in total. The summed E-state index contributed by atoms with van der Waals surface area (Å²) in [5, 5.41) is 10.9. The van der Waals surface area contributed by atoms with E-state index in [9.17, 15) is 9.59 Å². The number of amides is 1. The number of hydrogen-bond acceptors (Lipinski definition) is 2. The third-order valence-electron chi connectivity index (χ3n) is 1.39. The molecule has 5 heteroatoms. The van der Waals surface area contributed by atoms with Gasteiger partial charge in [0.1, 0.15) is 0 Å². The van der Waals surface area contributed by atoms with Crippen LogP contribution in [0, 0.1) is 0 Å². The van der Waals surface area contributed by atoms with Crippen LogP contribution in [0.4, 0.5) is 0 Å². The van der Waals surface area contributed by atoms with Crippen LogP contribution < -0.4 is 5.32 Å². The molecule has 0 atom stereocenters. The van der Waals surface area contributed by atoms with Crippen LogP contribution in [0.1, 0.15) is 26.7 Å². The first-order valence-corrected chi connectivity index (χ1v) is 4.82. The van der Waals surface area contributed by atoms with Crippen LogP contribution in [0.3, 0.4) is 0 Å². The van der Waals surface area contributed by atoms with Crippen molar-refractivity contribution < 1.29 is 14.7 Å². The molecule has 76 valence electrons. The molecule has 0 saturated heterocycles. The molecule has 0 rings (SSSR count). The van der Waals surface area contributed by atoms with E-state index in [-0.39, 0.29) is 12.3 Å². The first-order chi connectivity index (χ1) is 5.84. The third kappa shape index (κ3) is 6.57. The number of carbonyl (C=O) groups is 2. The summed E-state index contributed by atoms with van der Waals surface area (Å²) >= 11 is 3.20. The van der Waals surface area contributed by atoms with Crippen molar-refractivity contribution in [3.8, 4) is 0 Å². The minimum Gasteiger partial charge on any atom is -0.481 e. The Labute approximate surface area is 85.8 Å². The molecule has 0 spiro atoms. The molecule has 0 heterocycles. The Morgan fingerprint density at radius 2 is 2.00 bits per heavy atom. The maximum absolute atomic E-state index is 11.2. The summed E-state index contributed by atoms with van der Waals surface area (Å²) in [5.41, 5.74) is 0. The van der Waals surface area contributed by atoms with Gasteiger partial charge in [-0.2, -0.15) is 0 Å². The van der Waals surface area contributed by atoms with Gasteiger partial charge in [0.05, 0.1) is 4.32 Å². The molecule has 0 unspecified atom stereocenters. The first-order valence-electron chi connectivity index (χ1n) is 4.03. The van der Waals surface area contributed by atoms with Gasteiger partial charge < -0.3 is 10.4 Å². The van der Waals surface area contributed by atoms with Gasteiger partial charge in [-0.15, -0.1) is 0 Å². The van der Waals surface area contributed by atoms with Gasteiger partial charge in [-0.25, -0.2) is 0 Å². The van der Waals surface area contributed by atoms with Gasteiger partial charge in [0.15, 0.2) is 0 Å². The van der Waals surface area contributed by atoms with Crippen LogP contribution in [-0.2, 0) is 9.59 Å². The second kappa shape index (κ2) is 5.21. The van der Waals surface area contributed by atoms with Crippen molar-refractivity contribution in [2.45, 2.75) is 31.0 Å². The van der Waals surface area contributed by atoms with E-state index in [0.29, 0.717) is 13.0 Å². The van der Waals surface area contributed by atoms with E-state index < -0.39 is 10.3 Å². The number of alkyl halides is 1. The number of nitrogens with one attached hydrogen (secondary N) is 1. The minimum absolute atomic E-state index is 0.0863. The van der Waals surface area contributed by atoms with Crippen molar-refractivity contribution in [2.75, 3.05) is 6.54 Å². The summed E-state index contributed by atoms with van der Waals surface area (Å²) in [5.74, 6) is -0.967. The van der Waals surface area contributed by atoms with Crippen LogP contribution in [0.15, 0.2) is 0 Å². The summed E-state index contributed by atoms with van der Waals surface area (Å²) in [6.45, 7) is 3.87. The van der Waals surface area contributed by atoms with Crippen molar-refractivity contribution in [1.29, 1.82) is 0 Å². The Bertz CT molecular complexity index is 198. The van der Waals surface area contributed by atoms with Gasteiger partial charge in [0.25, 0.3) is 0 Å². The van der Waals surface area contributed by atoms with E-state index >= 15 is 0 Å². The average molecular weight is 252 g/mol. The molecule has 0 aromatic heterocycles. The molecule has 0 aliphatic rings. The molecule has 0 aromatic rings. The number of carbonyl (C=O) groups excluding carboxylic acids is 1. The summed E-state index contributed by atoms with van der Waals surface area (Å²) in [6, 6.07) is 0. The summed E-state index contributed by atoms with van der Waals surface area (Å²) in [6.07, 6.45) is 0.549.